The Morgan fingerprint density at radius 3 is 2.33 bits per heavy atom. The molecule has 0 bridgehead atoms. The predicted molar refractivity (Wildman–Crippen MR) is 69.9 cm³/mol. The van der Waals surface area contributed by atoms with Gasteiger partial charge in [-0.3, -0.25) is 4.79 Å². The van der Waals surface area contributed by atoms with Gasteiger partial charge in [0.15, 0.2) is 0 Å². The van der Waals surface area contributed by atoms with Crippen LogP contribution in [0.2, 0.25) is 0 Å². The minimum Gasteiger partial charge on any atom is -0.350 e. The Bertz CT molecular complexity index is 564. The van der Waals surface area contributed by atoms with Crippen LogP contribution in [0.1, 0.15) is 10.4 Å². The third-order valence-electron chi connectivity index (χ3n) is 2.34. The molecule has 0 aliphatic rings. The first-order valence-electron chi connectivity index (χ1n) is 5.44. The summed E-state index contributed by atoms with van der Waals surface area (Å²) in [5, 5.41) is 10.5. The van der Waals surface area contributed by atoms with Gasteiger partial charge in [0.2, 0.25) is 0 Å². The fourth-order valence-electron chi connectivity index (χ4n) is 1.45. The first-order chi connectivity index (χ1) is 8.81. The van der Waals surface area contributed by atoms with Gasteiger partial charge >= 0.3 is 0 Å². The van der Waals surface area contributed by atoms with E-state index in [-0.39, 0.29) is 5.91 Å². The van der Waals surface area contributed by atoms with Gasteiger partial charge in [-0.2, -0.15) is 5.11 Å². The molecule has 1 amide bonds. The smallest absolute Gasteiger partial charge is 0.253 e. The van der Waals surface area contributed by atoms with E-state index >= 15 is 0 Å². The lowest BCUT2D eigenvalue weighted by atomic mass is 10.2. The number of carbonyl (C=O) groups is 1. The van der Waals surface area contributed by atoms with Crippen molar-refractivity contribution >= 4 is 17.3 Å². The van der Waals surface area contributed by atoms with Crippen molar-refractivity contribution in [3.05, 3.63) is 67.2 Å². The maximum absolute atomic E-state index is 11.6. The van der Waals surface area contributed by atoms with Gasteiger partial charge in [-0.05, 0) is 24.3 Å². The summed E-state index contributed by atoms with van der Waals surface area (Å²) >= 11 is 0. The summed E-state index contributed by atoms with van der Waals surface area (Å²) in [5.74, 6) is -0.280. The third-order valence-corrected chi connectivity index (χ3v) is 2.34. The predicted octanol–water partition coefficient (Wildman–Crippen LogP) is 3.62. The highest BCUT2D eigenvalue weighted by molar-refractivity contribution is 5.98. The monoisotopic (exact) mass is 238 g/mol. The molecular formula is C14H12N3O. The Kier molecular flexibility index (Phi) is 3.81. The molecule has 0 atom stereocenters. The average molecular weight is 238 g/mol. The van der Waals surface area contributed by atoms with Crippen molar-refractivity contribution < 1.29 is 4.79 Å². The first-order valence-corrected chi connectivity index (χ1v) is 5.44. The summed E-state index contributed by atoms with van der Waals surface area (Å²) in [6, 6.07) is 16.3. The highest BCUT2D eigenvalue weighted by Gasteiger charge is 2.07. The first kappa shape index (κ1) is 12.0. The summed E-state index contributed by atoms with van der Waals surface area (Å²) in [4.78, 5) is 11.6. The molecule has 1 N–H and O–H groups in total. The van der Waals surface area contributed by atoms with E-state index in [0.717, 1.165) is 5.69 Å². The van der Waals surface area contributed by atoms with Crippen LogP contribution < -0.4 is 5.32 Å². The van der Waals surface area contributed by atoms with E-state index in [1.165, 1.54) is 0 Å². The van der Waals surface area contributed by atoms with E-state index in [4.69, 9.17) is 0 Å². The molecule has 0 saturated heterocycles. The zero-order chi connectivity index (χ0) is 12.8. The second-order valence-corrected chi connectivity index (χ2v) is 3.56. The molecule has 89 valence electrons. The Morgan fingerprint density at radius 1 is 0.944 bits per heavy atom. The van der Waals surface area contributed by atoms with Crippen molar-refractivity contribution in [2.45, 2.75) is 0 Å². The molecule has 4 nitrogen and oxygen atoms in total. The SMILES string of the molecule is [CH2]NC(=O)c1ccccc1/N=N/c1ccccc1. The van der Waals surface area contributed by atoms with Crippen molar-refractivity contribution in [2.75, 3.05) is 0 Å². The topological polar surface area (TPSA) is 53.8 Å². The number of carbonyl (C=O) groups excluding carboxylic acids is 1. The van der Waals surface area contributed by atoms with E-state index in [2.05, 4.69) is 22.6 Å². The molecule has 0 spiro atoms. The van der Waals surface area contributed by atoms with Crippen LogP contribution in [-0.2, 0) is 0 Å². The van der Waals surface area contributed by atoms with E-state index in [9.17, 15) is 4.79 Å². The van der Waals surface area contributed by atoms with Gasteiger partial charge < -0.3 is 5.32 Å². The number of amides is 1. The summed E-state index contributed by atoms with van der Waals surface area (Å²) in [6.07, 6.45) is 0. The molecule has 2 aromatic carbocycles. The standard InChI is InChI=1S/C14H12N3O/c1-15-14(18)12-9-5-6-10-13(12)17-16-11-7-3-2-4-8-11/h2-10H,1H2,(H,15,18)/b17-16+. The lowest BCUT2D eigenvalue weighted by molar-refractivity contribution is 0.0969. The zero-order valence-corrected chi connectivity index (χ0v) is 9.71. The molecule has 2 rings (SSSR count). The van der Waals surface area contributed by atoms with Crippen molar-refractivity contribution in [1.82, 2.24) is 5.32 Å². The Morgan fingerprint density at radius 2 is 1.61 bits per heavy atom. The van der Waals surface area contributed by atoms with E-state index < -0.39 is 0 Å². The van der Waals surface area contributed by atoms with Crippen LogP contribution in [0.3, 0.4) is 0 Å². The maximum Gasteiger partial charge on any atom is 0.253 e. The number of azo groups is 1. The number of rotatable bonds is 3. The van der Waals surface area contributed by atoms with Crippen LogP contribution in [-0.4, -0.2) is 5.91 Å². The average Bonchev–Trinajstić information content (AvgIpc) is 2.45. The number of nitrogens with zero attached hydrogens (tertiary/aromatic N) is 2. The summed E-state index contributed by atoms with van der Waals surface area (Å²) in [5.41, 5.74) is 1.71. The molecule has 0 heterocycles. The van der Waals surface area contributed by atoms with Gasteiger partial charge in [-0.25, -0.2) is 0 Å². The molecule has 18 heavy (non-hydrogen) atoms. The lowest BCUT2D eigenvalue weighted by Gasteiger charge is -2.02. The van der Waals surface area contributed by atoms with Gasteiger partial charge in [-0.15, -0.1) is 5.11 Å². The Labute approximate surface area is 105 Å². The van der Waals surface area contributed by atoms with Gasteiger partial charge in [0.05, 0.1) is 16.9 Å². The van der Waals surface area contributed by atoms with Crippen LogP contribution in [0.25, 0.3) is 0 Å². The van der Waals surface area contributed by atoms with Crippen LogP contribution in [0.4, 0.5) is 11.4 Å². The molecule has 0 aliphatic heterocycles. The fourth-order valence-corrected chi connectivity index (χ4v) is 1.45. The van der Waals surface area contributed by atoms with Gasteiger partial charge in [0.25, 0.3) is 5.91 Å². The normalized spacial score (nSPS) is 10.5. The molecule has 1 radical (unpaired) electrons. The molecule has 0 aromatic heterocycles. The summed E-state index contributed by atoms with van der Waals surface area (Å²) in [7, 11) is 3.35. The molecule has 0 unspecified atom stereocenters. The fraction of sp³-hybridized carbons (Fsp3) is 0. The van der Waals surface area contributed by atoms with Crippen LogP contribution in [0, 0.1) is 7.05 Å². The number of hydrogen-bond acceptors (Lipinski definition) is 3. The van der Waals surface area contributed by atoms with Gasteiger partial charge in [0, 0.05) is 7.05 Å². The maximum atomic E-state index is 11.6. The van der Waals surface area contributed by atoms with Crippen molar-refractivity contribution in [3.8, 4) is 0 Å². The highest BCUT2D eigenvalue weighted by atomic mass is 16.1. The molecule has 2 aromatic rings. The van der Waals surface area contributed by atoms with Crippen LogP contribution in [0.15, 0.2) is 64.8 Å². The van der Waals surface area contributed by atoms with Gasteiger partial charge in [0.1, 0.15) is 0 Å². The third kappa shape index (κ3) is 2.79. The Hall–Kier alpha value is -2.49. The molecule has 0 fully saturated rings. The number of benzene rings is 2. The second kappa shape index (κ2) is 5.72. The minimum atomic E-state index is -0.280. The summed E-state index contributed by atoms with van der Waals surface area (Å²) in [6.45, 7) is 0. The summed E-state index contributed by atoms with van der Waals surface area (Å²) < 4.78 is 0. The van der Waals surface area contributed by atoms with Crippen molar-refractivity contribution in [2.24, 2.45) is 10.2 Å². The van der Waals surface area contributed by atoms with E-state index in [0.29, 0.717) is 11.3 Å². The van der Waals surface area contributed by atoms with Crippen LogP contribution >= 0.6 is 0 Å². The van der Waals surface area contributed by atoms with Crippen molar-refractivity contribution in [3.63, 3.8) is 0 Å². The quantitative estimate of drug-likeness (QED) is 0.816. The zero-order valence-electron chi connectivity index (χ0n) is 9.71. The van der Waals surface area contributed by atoms with Crippen molar-refractivity contribution in [1.29, 1.82) is 0 Å². The molecular weight excluding hydrogens is 226 g/mol. The molecule has 4 heteroatoms. The number of nitrogens with one attached hydrogen (secondary N) is 1. The highest BCUT2D eigenvalue weighted by Crippen LogP contribution is 2.21. The Balaban J connectivity index is 2.29. The minimum absolute atomic E-state index is 0.280. The number of hydrogen-bond donors (Lipinski definition) is 1. The van der Waals surface area contributed by atoms with Crippen LogP contribution in [0.5, 0.6) is 0 Å². The lowest BCUT2D eigenvalue weighted by Crippen LogP contribution is -2.15. The molecule has 0 aliphatic carbocycles. The van der Waals surface area contributed by atoms with E-state index in [1.54, 1.807) is 24.3 Å². The van der Waals surface area contributed by atoms with Gasteiger partial charge in [-0.1, -0.05) is 30.3 Å². The molecule has 0 saturated carbocycles. The largest absolute Gasteiger partial charge is 0.350 e. The second-order valence-electron chi connectivity index (χ2n) is 3.56. The van der Waals surface area contributed by atoms with E-state index in [1.807, 2.05) is 30.3 Å².